The van der Waals surface area contributed by atoms with Gasteiger partial charge in [0.2, 0.25) is 0 Å². The molecule has 0 amide bonds. The summed E-state index contributed by atoms with van der Waals surface area (Å²) in [6, 6.07) is 0. The van der Waals surface area contributed by atoms with Crippen LogP contribution in [0.2, 0.25) is 0 Å². The molecule has 0 spiro atoms. The Morgan fingerprint density at radius 3 is 2.11 bits per heavy atom. The van der Waals surface area contributed by atoms with E-state index in [1.165, 1.54) is 0 Å². The monoisotopic (exact) mass is 256 g/mol. The van der Waals surface area contributed by atoms with Gasteiger partial charge in [0.25, 0.3) is 5.97 Å². The van der Waals surface area contributed by atoms with Crippen LogP contribution in [0.4, 0.5) is 0 Å². The third kappa shape index (κ3) is 1.59. The second-order valence-corrected chi connectivity index (χ2v) is 7.06. The number of hydrogen-bond donors (Lipinski definition) is 0. The van der Waals surface area contributed by atoms with Gasteiger partial charge in [0.05, 0.1) is 18.3 Å². The summed E-state index contributed by atoms with van der Waals surface area (Å²) in [5, 5.41) is 0. The first-order valence-electron chi connectivity index (χ1n) is 6.83. The summed E-state index contributed by atoms with van der Waals surface area (Å²) in [4.78, 5) is 0. The number of hydrogen-bond acceptors (Lipinski definition) is 4. The van der Waals surface area contributed by atoms with E-state index in [0.29, 0.717) is 11.8 Å². The van der Waals surface area contributed by atoms with Gasteiger partial charge in [0.1, 0.15) is 6.10 Å². The van der Waals surface area contributed by atoms with Gasteiger partial charge in [0.15, 0.2) is 0 Å². The highest BCUT2D eigenvalue weighted by atomic mass is 16.9. The van der Waals surface area contributed by atoms with E-state index < -0.39 is 5.97 Å². The van der Waals surface area contributed by atoms with Crippen LogP contribution in [0.5, 0.6) is 0 Å². The summed E-state index contributed by atoms with van der Waals surface area (Å²) >= 11 is 0. The molecule has 4 fully saturated rings. The molecule has 7 unspecified atom stereocenters. The Kier molecular flexibility index (Phi) is 2.63. The molecular formula is C14H24O4. The predicted octanol–water partition coefficient (Wildman–Crippen LogP) is 2.17. The van der Waals surface area contributed by atoms with Gasteiger partial charge in [-0.2, -0.15) is 0 Å². The second kappa shape index (κ2) is 3.69. The molecule has 4 heteroatoms. The summed E-state index contributed by atoms with van der Waals surface area (Å²) in [6.07, 6.45) is 0.348. The van der Waals surface area contributed by atoms with Crippen LogP contribution >= 0.6 is 0 Å². The van der Waals surface area contributed by atoms with Crippen LogP contribution < -0.4 is 0 Å². The molecule has 4 rings (SSSR count). The normalized spacial score (nSPS) is 55.0. The summed E-state index contributed by atoms with van der Waals surface area (Å²) < 4.78 is 23.7. The highest BCUT2D eigenvalue weighted by Crippen LogP contribution is 2.55. The van der Waals surface area contributed by atoms with E-state index in [4.69, 9.17) is 18.9 Å². The zero-order valence-corrected chi connectivity index (χ0v) is 12.1. The van der Waals surface area contributed by atoms with Gasteiger partial charge in [-0.25, -0.2) is 0 Å². The minimum absolute atomic E-state index is 0.0115. The van der Waals surface area contributed by atoms with Crippen LogP contribution in [-0.2, 0) is 18.9 Å². The zero-order chi connectivity index (χ0) is 13.3. The number of rotatable bonds is 1. The van der Waals surface area contributed by atoms with Gasteiger partial charge < -0.3 is 18.9 Å². The van der Waals surface area contributed by atoms with Crippen molar-refractivity contribution in [1.82, 2.24) is 0 Å². The van der Waals surface area contributed by atoms with Crippen molar-refractivity contribution in [2.75, 3.05) is 7.11 Å². The fourth-order valence-electron chi connectivity index (χ4n) is 3.97. The molecular weight excluding hydrogens is 232 g/mol. The van der Waals surface area contributed by atoms with Crippen molar-refractivity contribution in [3.63, 3.8) is 0 Å². The molecule has 18 heavy (non-hydrogen) atoms. The minimum atomic E-state index is -0.872. The summed E-state index contributed by atoms with van der Waals surface area (Å²) in [5.74, 6) is -0.193. The third-order valence-corrected chi connectivity index (χ3v) is 4.71. The molecule has 3 heterocycles. The maximum atomic E-state index is 6.05. The van der Waals surface area contributed by atoms with Crippen LogP contribution in [-0.4, -0.2) is 37.5 Å². The van der Waals surface area contributed by atoms with Crippen LogP contribution in [0, 0.1) is 17.3 Å². The second-order valence-electron chi connectivity index (χ2n) is 7.06. The lowest BCUT2D eigenvalue weighted by molar-refractivity contribution is -0.530. The van der Waals surface area contributed by atoms with E-state index in [1.54, 1.807) is 7.11 Å². The zero-order valence-electron chi connectivity index (χ0n) is 12.1. The quantitative estimate of drug-likeness (QED) is 0.720. The first kappa shape index (κ1) is 12.9. The first-order chi connectivity index (χ1) is 8.27. The molecule has 4 bridgehead atoms. The molecule has 0 aromatic rings. The van der Waals surface area contributed by atoms with Gasteiger partial charge in [-0.1, -0.05) is 27.7 Å². The smallest absolute Gasteiger partial charge is 0.280 e. The van der Waals surface area contributed by atoms with Crippen LogP contribution in [0.25, 0.3) is 0 Å². The minimum Gasteiger partial charge on any atom is -0.376 e. The van der Waals surface area contributed by atoms with Crippen LogP contribution in [0.15, 0.2) is 0 Å². The molecule has 104 valence electrons. The van der Waals surface area contributed by atoms with E-state index in [9.17, 15) is 0 Å². The lowest BCUT2D eigenvalue weighted by atomic mass is 9.62. The Morgan fingerprint density at radius 1 is 1.00 bits per heavy atom. The van der Waals surface area contributed by atoms with E-state index in [1.807, 2.05) is 6.92 Å². The van der Waals surface area contributed by atoms with Crippen molar-refractivity contribution in [2.24, 2.45) is 17.3 Å². The highest BCUT2D eigenvalue weighted by Gasteiger charge is 2.66. The van der Waals surface area contributed by atoms with Crippen LogP contribution in [0.3, 0.4) is 0 Å². The lowest BCUT2D eigenvalue weighted by Crippen LogP contribution is -2.75. The van der Waals surface area contributed by atoms with Gasteiger partial charge >= 0.3 is 0 Å². The molecule has 7 atom stereocenters. The molecule has 0 aromatic heterocycles. The Hall–Kier alpha value is -0.160. The van der Waals surface area contributed by atoms with Gasteiger partial charge in [-0.3, -0.25) is 0 Å². The first-order valence-corrected chi connectivity index (χ1v) is 6.83. The number of methoxy groups -OCH3 is 1. The summed E-state index contributed by atoms with van der Waals surface area (Å²) in [6.45, 7) is 10.8. The fraction of sp³-hybridized carbons (Fsp3) is 1.00. The molecule has 0 radical (unpaired) electrons. The molecule has 1 aliphatic carbocycles. The number of ether oxygens (including phenoxy) is 4. The lowest BCUT2D eigenvalue weighted by Gasteiger charge is -2.64. The largest absolute Gasteiger partial charge is 0.376 e. The van der Waals surface area contributed by atoms with E-state index in [2.05, 4.69) is 27.7 Å². The maximum absolute atomic E-state index is 6.05. The average molecular weight is 256 g/mol. The van der Waals surface area contributed by atoms with Crippen molar-refractivity contribution >= 4 is 0 Å². The molecule has 0 aromatic carbocycles. The van der Waals surface area contributed by atoms with Crippen LogP contribution in [0.1, 0.15) is 34.6 Å². The van der Waals surface area contributed by atoms with Gasteiger partial charge in [0, 0.05) is 25.9 Å². The Morgan fingerprint density at radius 2 is 1.56 bits per heavy atom. The van der Waals surface area contributed by atoms with E-state index >= 15 is 0 Å². The Balaban J connectivity index is 2.01. The van der Waals surface area contributed by atoms with Crippen molar-refractivity contribution < 1.29 is 18.9 Å². The standard InChI is InChI=1S/C14H24O4/c1-7-9-8(13(2,3)4)11-12(15-6)10(7)17-14(5,16-9)18-11/h7-12H,1-6H3. The maximum Gasteiger partial charge on any atom is 0.280 e. The predicted molar refractivity (Wildman–Crippen MR) is 65.9 cm³/mol. The van der Waals surface area contributed by atoms with Crippen molar-refractivity contribution in [3.05, 3.63) is 0 Å². The SMILES string of the molecule is COC1C2OC3(C)OC(C2C)C(C(C)(C)C)C1O3. The summed E-state index contributed by atoms with van der Waals surface area (Å²) in [7, 11) is 1.75. The van der Waals surface area contributed by atoms with Gasteiger partial charge in [-0.15, -0.1) is 0 Å². The third-order valence-electron chi connectivity index (χ3n) is 4.71. The van der Waals surface area contributed by atoms with Crippen molar-refractivity contribution in [3.8, 4) is 0 Å². The topological polar surface area (TPSA) is 36.9 Å². The molecule has 4 aliphatic rings. The molecule has 4 nitrogen and oxygen atoms in total. The van der Waals surface area contributed by atoms with Crippen molar-refractivity contribution in [1.29, 1.82) is 0 Å². The van der Waals surface area contributed by atoms with Gasteiger partial charge in [-0.05, 0) is 5.41 Å². The molecule has 1 saturated carbocycles. The van der Waals surface area contributed by atoms with Crippen molar-refractivity contribution in [2.45, 2.75) is 65.0 Å². The average Bonchev–Trinajstić information content (AvgIpc) is 2.22. The molecule has 3 aliphatic heterocycles. The van der Waals surface area contributed by atoms with E-state index in [0.717, 1.165) is 0 Å². The fourth-order valence-corrected chi connectivity index (χ4v) is 3.97. The molecule has 0 N–H and O–H groups in total. The highest BCUT2D eigenvalue weighted by molar-refractivity contribution is 5.08. The Bertz CT molecular complexity index is 350. The van der Waals surface area contributed by atoms with E-state index in [-0.39, 0.29) is 29.8 Å². The molecule has 3 saturated heterocycles. The summed E-state index contributed by atoms with van der Waals surface area (Å²) in [5.41, 5.74) is 0.129. The Labute approximate surface area is 109 Å².